The Balaban J connectivity index is 1.65. The Morgan fingerprint density at radius 3 is 2.79 bits per heavy atom. The molecule has 0 fully saturated rings. The SMILES string of the molecule is O=C1c2c(O)c(=O)ccn2N2CN1CCCCCOc1cccc3c1[C@H]2c1ccccc1SC3. The third-order valence-corrected chi connectivity index (χ3v) is 7.93. The van der Waals surface area contributed by atoms with Crippen LogP contribution in [0.1, 0.15) is 52.5 Å². The van der Waals surface area contributed by atoms with Gasteiger partial charge in [0.15, 0.2) is 11.4 Å². The summed E-state index contributed by atoms with van der Waals surface area (Å²) in [6.45, 7) is 1.51. The van der Waals surface area contributed by atoms with Crippen molar-refractivity contribution in [1.82, 2.24) is 9.58 Å². The summed E-state index contributed by atoms with van der Waals surface area (Å²) in [6, 6.07) is 15.6. The van der Waals surface area contributed by atoms with Crippen LogP contribution in [0.3, 0.4) is 0 Å². The number of hydrogen-bond acceptors (Lipinski definition) is 6. The van der Waals surface area contributed by atoms with Crippen LogP contribution >= 0.6 is 11.8 Å². The van der Waals surface area contributed by atoms with Crippen molar-refractivity contribution in [1.29, 1.82) is 0 Å². The molecule has 8 heteroatoms. The van der Waals surface area contributed by atoms with Crippen molar-refractivity contribution in [3.8, 4) is 11.5 Å². The molecule has 2 aromatic carbocycles. The number of fused-ring (bicyclic) bond motifs is 7. The minimum atomic E-state index is -0.552. The lowest BCUT2D eigenvalue weighted by molar-refractivity contribution is 0.0674. The maximum absolute atomic E-state index is 13.4. The van der Waals surface area contributed by atoms with Crippen molar-refractivity contribution in [2.45, 2.75) is 36.0 Å². The molecule has 7 nitrogen and oxygen atoms in total. The maximum atomic E-state index is 13.4. The first-order chi connectivity index (χ1) is 16.6. The van der Waals surface area contributed by atoms with Gasteiger partial charge in [-0.1, -0.05) is 30.3 Å². The van der Waals surface area contributed by atoms with Crippen molar-refractivity contribution in [3.05, 3.63) is 87.3 Å². The molecule has 34 heavy (non-hydrogen) atoms. The maximum Gasteiger partial charge on any atom is 0.277 e. The van der Waals surface area contributed by atoms with E-state index >= 15 is 0 Å². The monoisotopic (exact) mass is 475 g/mol. The smallest absolute Gasteiger partial charge is 0.277 e. The van der Waals surface area contributed by atoms with Gasteiger partial charge in [-0.05, 0) is 42.5 Å². The molecular formula is C26H25N3O4S. The topological polar surface area (TPSA) is 75.0 Å². The Labute approximate surface area is 201 Å². The lowest BCUT2D eigenvalue weighted by Gasteiger charge is -2.44. The largest absolute Gasteiger partial charge is 0.502 e. The number of hydrogen-bond donors (Lipinski definition) is 1. The fraction of sp³-hybridized carbons (Fsp3) is 0.308. The number of ether oxygens (including phenoxy) is 1. The van der Waals surface area contributed by atoms with E-state index in [4.69, 9.17) is 4.74 Å². The Morgan fingerprint density at radius 2 is 1.88 bits per heavy atom. The number of amides is 1. The van der Waals surface area contributed by atoms with Crippen LogP contribution in [0.15, 0.2) is 64.4 Å². The summed E-state index contributed by atoms with van der Waals surface area (Å²) in [5.74, 6) is 0.828. The second-order valence-corrected chi connectivity index (χ2v) is 9.86. The normalized spacial score (nSPS) is 19.5. The zero-order valence-corrected chi connectivity index (χ0v) is 19.5. The van der Waals surface area contributed by atoms with E-state index in [1.807, 2.05) is 24.3 Å². The van der Waals surface area contributed by atoms with Crippen LogP contribution < -0.4 is 15.2 Å². The van der Waals surface area contributed by atoms with Gasteiger partial charge in [-0.25, -0.2) is 0 Å². The predicted molar refractivity (Wildman–Crippen MR) is 130 cm³/mol. The van der Waals surface area contributed by atoms with E-state index in [0.29, 0.717) is 19.8 Å². The third kappa shape index (κ3) is 3.36. The Morgan fingerprint density at radius 1 is 1.00 bits per heavy atom. The zero-order valence-electron chi connectivity index (χ0n) is 18.6. The van der Waals surface area contributed by atoms with Gasteiger partial charge in [0.05, 0.1) is 6.61 Å². The van der Waals surface area contributed by atoms with Crippen LogP contribution in [0.2, 0.25) is 0 Å². The predicted octanol–water partition coefficient (Wildman–Crippen LogP) is 3.86. The van der Waals surface area contributed by atoms with Crippen molar-refractivity contribution in [2.75, 3.05) is 24.8 Å². The molecule has 0 aliphatic carbocycles. The fourth-order valence-electron chi connectivity index (χ4n) is 5.14. The van der Waals surface area contributed by atoms with E-state index in [1.54, 1.807) is 27.5 Å². The molecule has 2 bridgehead atoms. The van der Waals surface area contributed by atoms with Gasteiger partial charge in [-0.15, -0.1) is 11.8 Å². The second kappa shape index (κ2) is 8.43. The first-order valence-corrected chi connectivity index (χ1v) is 12.6. The van der Waals surface area contributed by atoms with Gasteiger partial charge in [-0.3, -0.25) is 19.3 Å². The first-order valence-electron chi connectivity index (χ1n) is 11.6. The summed E-state index contributed by atoms with van der Waals surface area (Å²) in [5, 5.41) is 12.8. The van der Waals surface area contributed by atoms with Crippen LogP contribution in [-0.2, 0) is 5.75 Å². The molecule has 4 heterocycles. The highest BCUT2D eigenvalue weighted by atomic mass is 32.2. The Bertz CT molecular complexity index is 1340. The van der Waals surface area contributed by atoms with Crippen LogP contribution in [0.4, 0.5) is 0 Å². The summed E-state index contributed by atoms with van der Waals surface area (Å²) >= 11 is 1.79. The van der Waals surface area contributed by atoms with Gasteiger partial charge < -0.3 is 14.7 Å². The number of carbonyl (C=O) groups is 1. The fourth-order valence-corrected chi connectivity index (χ4v) is 6.22. The molecule has 1 atom stereocenters. The number of thioether (sulfide) groups is 1. The molecule has 1 N–H and O–H groups in total. The van der Waals surface area contributed by atoms with Gasteiger partial charge in [-0.2, -0.15) is 0 Å². The number of pyridine rings is 1. The van der Waals surface area contributed by atoms with Gasteiger partial charge in [0.1, 0.15) is 18.5 Å². The standard InChI is InChI=1S/C26H25N3O4S/c30-19-11-13-28-24(25(19)31)26(32)27-12-4-1-5-14-33-20-9-6-7-17-15-34-21-10-3-2-8-18(21)23(22(17)20)29(28)16-27/h2-3,6-11,13,23,31H,1,4-5,12,14-16H2/t23-/m1/s1. The summed E-state index contributed by atoms with van der Waals surface area (Å²) in [4.78, 5) is 28.6. The number of carbonyl (C=O) groups excluding carboxylic acids is 1. The van der Waals surface area contributed by atoms with E-state index in [9.17, 15) is 14.7 Å². The minimum absolute atomic E-state index is 0.0186. The third-order valence-electron chi connectivity index (χ3n) is 6.79. The molecule has 1 aromatic heterocycles. The molecule has 0 unspecified atom stereocenters. The molecular weight excluding hydrogens is 450 g/mol. The summed E-state index contributed by atoms with van der Waals surface area (Å²) in [6.07, 6.45) is 4.24. The molecule has 3 aliphatic rings. The van der Waals surface area contributed by atoms with Gasteiger partial charge >= 0.3 is 0 Å². The molecule has 0 saturated carbocycles. The first kappa shape index (κ1) is 21.2. The van der Waals surface area contributed by atoms with Crippen LogP contribution in [0, 0.1) is 0 Å². The zero-order chi connectivity index (χ0) is 23.2. The molecule has 6 rings (SSSR count). The highest BCUT2D eigenvalue weighted by Gasteiger charge is 2.39. The Hall–Kier alpha value is -3.39. The van der Waals surface area contributed by atoms with Crippen LogP contribution in [0.25, 0.3) is 0 Å². The molecule has 174 valence electrons. The number of rotatable bonds is 0. The highest BCUT2D eigenvalue weighted by molar-refractivity contribution is 7.98. The molecule has 0 spiro atoms. The molecule has 3 aromatic rings. The van der Waals surface area contributed by atoms with E-state index in [-0.39, 0.29) is 17.6 Å². The number of nitrogens with zero attached hydrogens (tertiary/aromatic N) is 3. The van der Waals surface area contributed by atoms with Gasteiger partial charge in [0.25, 0.3) is 5.91 Å². The summed E-state index contributed by atoms with van der Waals surface area (Å²) < 4.78 is 8.01. The molecule has 0 radical (unpaired) electrons. The molecule has 3 aliphatic heterocycles. The number of aromatic hydroxyl groups is 1. The van der Waals surface area contributed by atoms with Gasteiger partial charge in [0.2, 0.25) is 5.43 Å². The van der Waals surface area contributed by atoms with Crippen molar-refractivity contribution < 1.29 is 14.6 Å². The molecule has 1 amide bonds. The molecule has 0 saturated heterocycles. The summed E-state index contributed by atoms with van der Waals surface area (Å²) in [7, 11) is 0. The lowest BCUT2D eigenvalue weighted by Crippen LogP contribution is -2.55. The highest BCUT2D eigenvalue weighted by Crippen LogP contribution is 2.46. The van der Waals surface area contributed by atoms with E-state index in [0.717, 1.165) is 46.8 Å². The lowest BCUT2D eigenvalue weighted by atomic mass is 9.93. The Kier molecular flexibility index (Phi) is 5.25. The van der Waals surface area contributed by atoms with E-state index < -0.39 is 11.2 Å². The van der Waals surface area contributed by atoms with Crippen LogP contribution in [-0.4, -0.2) is 40.4 Å². The average molecular weight is 476 g/mol. The van der Waals surface area contributed by atoms with E-state index in [2.05, 4.69) is 23.2 Å². The second-order valence-electron chi connectivity index (χ2n) is 8.84. The minimum Gasteiger partial charge on any atom is -0.502 e. The van der Waals surface area contributed by atoms with Crippen molar-refractivity contribution >= 4 is 17.7 Å². The van der Waals surface area contributed by atoms with Crippen LogP contribution in [0.5, 0.6) is 11.5 Å². The quantitative estimate of drug-likeness (QED) is 0.532. The number of aromatic nitrogens is 1. The number of benzene rings is 2. The van der Waals surface area contributed by atoms with Crippen molar-refractivity contribution in [3.63, 3.8) is 0 Å². The average Bonchev–Trinajstić information content (AvgIpc) is 3.01. The van der Waals surface area contributed by atoms with E-state index in [1.165, 1.54) is 11.6 Å². The van der Waals surface area contributed by atoms with Gasteiger partial charge in [0, 0.05) is 35.0 Å². The van der Waals surface area contributed by atoms with Crippen molar-refractivity contribution in [2.24, 2.45) is 0 Å². The summed E-state index contributed by atoms with van der Waals surface area (Å²) in [5.41, 5.74) is 2.82.